The molecule has 0 fully saturated rings. The Morgan fingerprint density at radius 1 is 1.59 bits per heavy atom. The van der Waals surface area contributed by atoms with Crippen molar-refractivity contribution >= 4 is 39.1 Å². The van der Waals surface area contributed by atoms with Gasteiger partial charge in [-0.1, -0.05) is 24.9 Å². The summed E-state index contributed by atoms with van der Waals surface area (Å²) in [6.45, 7) is 2.41. The fourth-order valence-electron chi connectivity index (χ4n) is 1.52. The van der Waals surface area contributed by atoms with Crippen LogP contribution in [0.3, 0.4) is 0 Å². The SMILES string of the molecule is CCCC(CN)C(=O)Nc1ccc(Cl)c(Br)c1. The van der Waals surface area contributed by atoms with Gasteiger partial charge in [-0.15, -0.1) is 0 Å². The van der Waals surface area contributed by atoms with Gasteiger partial charge in [0.1, 0.15) is 0 Å². The number of carbonyl (C=O) groups is 1. The molecule has 94 valence electrons. The molecule has 1 atom stereocenters. The molecule has 17 heavy (non-hydrogen) atoms. The van der Waals surface area contributed by atoms with Crippen molar-refractivity contribution in [2.45, 2.75) is 19.8 Å². The van der Waals surface area contributed by atoms with Gasteiger partial charge in [0, 0.05) is 16.7 Å². The van der Waals surface area contributed by atoms with Crippen LogP contribution >= 0.6 is 27.5 Å². The van der Waals surface area contributed by atoms with Gasteiger partial charge in [-0.2, -0.15) is 0 Å². The van der Waals surface area contributed by atoms with Crippen LogP contribution in [0.5, 0.6) is 0 Å². The summed E-state index contributed by atoms with van der Waals surface area (Å²) in [4.78, 5) is 11.9. The maximum Gasteiger partial charge on any atom is 0.228 e. The summed E-state index contributed by atoms with van der Waals surface area (Å²) in [6, 6.07) is 5.28. The molecule has 0 saturated heterocycles. The van der Waals surface area contributed by atoms with Crippen molar-refractivity contribution in [3.05, 3.63) is 27.7 Å². The van der Waals surface area contributed by atoms with Crippen LogP contribution in [0, 0.1) is 5.92 Å². The van der Waals surface area contributed by atoms with E-state index < -0.39 is 0 Å². The zero-order valence-corrected chi connectivity index (χ0v) is 12.0. The molecule has 0 aliphatic carbocycles. The summed E-state index contributed by atoms with van der Waals surface area (Å²) in [7, 11) is 0. The molecule has 0 aliphatic rings. The second-order valence-electron chi connectivity index (χ2n) is 3.84. The van der Waals surface area contributed by atoms with E-state index in [0.717, 1.165) is 23.0 Å². The predicted octanol–water partition coefficient (Wildman–Crippen LogP) is 3.42. The van der Waals surface area contributed by atoms with Gasteiger partial charge in [-0.3, -0.25) is 4.79 Å². The molecule has 1 aromatic rings. The van der Waals surface area contributed by atoms with Crippen LogP contribution in [0.25, 0.3) is 0 Å². The summed E-state index contributed by atoms with van der Waals surface area (Å²) in [5.74, 6) is -0.168. The molecular formula is C12H16BrClN2O. The molecule has 1 amide bonds. The molecule has 1 rings (SSSR count). The minimum atomic E-state index is -0.130. The van der Waals surface area contributed by atoms with Crippen LogP contribution in [0.2, 0.25) is 5.02 Å². The van der Waals surface area contributed by atoms with E-state index in [9.17, 15) is 4.79 Å². The molecule has 1 aromatic carbocycles. The van der Waals surface area contributed by atoms with E-state index in [1.54, 1.807) is 18.2 Å². The van der Waals surface area contributed by atoms with Crippen molar-refractivity contribution in [1.82, 2.24) is 0 Å². The summed E-state index contributed by atoms with van der Waals surface area (Å²) in [6.07, 6.45) is 1.75. The van der Waals surface area contributed by atoms with Gasteiger partial charge in [0.15, 0.2) is 0 Å². The molecule has 1 unspecified atom stereocenters. The lowest BCUT2D eigenvalue weighted by atomic mass is 10.0. The van der Waals surface area contributed by atoms with Crippen molar-refractivity contribution in [2.24, 2.45) is 11.7 Å². The van der Waals surface area contributed by atoms with Crippen LogP contribution in [0.1, 0.15) is 19.8 Å². The maximum absolute atomic E-state index is 11.9. The number of amides is 1. The molecular weight excluding hydrogens is 304 g/mol. The zero-order chi connectivity index (χ0) is 12.8. The molecule has 0 aliphatic heterocycles. The number of nitrogens with two attached hydrogens (primary N) is 1. The van der Waals surface area contributed by atoms with E-state index in [1.807, 2.05) is 6.92 Å². The second kappa shape index (κ2) is 6.99. The Balaban J connectivity index is 2.69. The zero-order valence-electron chi connectivity index (χ0n) is 9.67. The average Bonchev–Trinajstić information content (AvgIpc) is 2.30. The number of hydrogen-bond acceptors (Lipinski definition) is 2. The van der Waals surface area contributed by atoms with E-state index in [0.29, 0.717) is 11.6 Å². The van der Waals surface area contributed by atoms with Gasteiger partial charge in [-0.25, -0.2) is 0 Å². The molecule has 5 heteroatoms. The maximum atomic E-state index is 11.9. The minimum Gasteiger partial charge on any atom is -0.330 e. The van der Waals surface area contributed by atoms with Crippen LogP contribution in [0.4, 0.5) is 5.69 Å². The highest BCUT2D eigenvalue weighted by molar-refractivity contribution is 9.10. The quantitative estimate of drug-likeness (QED) is 0.873. The molecule has 0 saturated carbocycles. The molecule has 3 nitrogen and oxygen atoms in total. The van der Waals surface area contributed by atoms with Crippen molar-refractivity contribution in [3.63, 3.8) is 0 Å². The summed E-state index contributed by atoms with van der Waals surface area (Å²) in [5.41, 5.74) is 6.30. The largest absolute Gasteiger partial charge is 0.330 e. The van der Waals surface area contributed by atoms with Gasteiger partial charge < -0.3 is 11.1 Å². The van der Waals surface area contributed by atoms with Crippen molar-refractivity contribution in [1.29, 1.82) is 0 Å². The highest BCUT2D eigenvalue weighted by atomic mass is 79.9. The summed E-state index contributed by atoms with van der Waals surface area (Å²) >= 11 is 9.19. The first kappa shape index (κ1) is 14.5. The number of benzene rings is 1. The first-order valence-electron chi connectivity index (χ1n) is 5.54. The lowest BCUT2D eigenvalue weighted by molar-refractivity contribution is -0.119. The van der Waals surface area contributed by atoms with Crippen molar-refractivity contribution in [2.75, 3.05) is 11.9 Å². The Kier molecular flexibility index (Phi) is 5.95. The highest BCUT2D eigenvalue weighted by Crippen LogP contribution is 2.25. The molecule has 3 N–H and O–H groups in total. The Morgan fingerprint density at radius 3 is 2.82 bits per heavy atom. The number of anilines is 1. The Morgan fingerprint density at radius 2 is 2.29 bits per heavy atom. The van der Waals surface area contributed by atoms with E-state index >= 15 is 0 Å². The number of nitrogens with one attached hydrogen (secondary N) is 1. The van der Waals surface area contributed by atoms with Crippen LogP contribution in [-0.4, -0.2) is 12.5 Å². The van der Waals surface area contributed by atoms with E-state index in [2.05, 4.69) is 21.2 Å². The third kappa shape index (κ3) is 4.30. The van der Waals surface area contributed by atoms with E-state index in [4.69, 9.17) is 17.3 Å². The molecule has 0 radical (unpaired) electrons. The number of halogens is 2. The topological polar surface area (TPSA) is 55.1 Å². The van der Waals surface area contributed by atoms with Crippen LogP contribution in [-0.2, 0) is 4.79 Å². The number of rotatable bonds is 5. The normalized spacial score (nSPS) is 12.2. The molecule has 0 heterocycles. The smallest absolute Gasteiger partial charge is 0.228 e. The third-order valence-corrected chi connectivity index (χ3v) is 3.69. The third-order valence-electron chi connectivity index (χ3n) is 2.48. The predicted molar refractivity (Wildman–Crippen MR) is 75.2 cm³/mol. The first-order chi connectivity index (χ1) is 8.08. The minimum absolute atomic E-state index is 0.0384. The van der Waals surface area contributed by atoms with Crippen molar-refractivity contribution in [3.8, 4) is 0 Å². The van der Waals surface area contributed by atoms with Crippen LogP contribution < -0.4 is 11.1 Å². The Hall–Kier alpha value is -0.580. The lowest BCUT2D eigenvalue weighted by Gasteiger charge is -2.14. The average molecular weight is 320 g/mol. The first-order valence-corrected chi connectivity index (χ1v) is 6.71. The van der Waals surface area contributed by atoms with Gasteiger partial charge in [-0.05, 0) is 40.5 Å². The second-order valence-corrected chi connectivity index (χ2v) is 5.10. The summed E-state index contributed by atoms with van der Waals surface area (Å²) < 4.78 is 0.761. The van der Waals surface area contributed by atoms with E-state index in [1.165, 1.54) is 0 Å². The molecule has 0 bridgehead atoms. The Labute approximate surface area is 115 Å². The standard InChI is InChI=1S/C12H16BrClN2O/c1-2-3-8(7-15)12(17)16-9-4-5-11(14)10(13)6-9/h4-6,8H,2-3,7,15H2,1H3,(H,16,17). The number of carbonyl (C=O) groups excluding carboxylic acids is 1. The Bertz CT molecular complexity index is 398. The highest BCUT2D eigenvalue weighted by Gasteiger charge is 2.15. The molecule has 0 spiro atoms. The van der Waals surface area contributed by atoms with Gasteiger partial charge >= 0.3 is 0 Å². The van der Waals surface area contributed by atoms with Crippen molar-refractivity contribution < 1.29 is 4.79 Å². The molecule has 0 aromatic heterocycles. The van der Waals surface area contributed by atoms with Crippen LogP contribution in [0.15, 0.2) is 22.7 Å². The van der Waals surface area contributed by atoms with Gasteiger partial charge in [0.25, 0.3) is 0 Å². The number of hydrogen-bond donors (Lipinski definition) is 2. The monoisotopic (exact) mass is 318 g/mol. The summed E-state index contributed by atoms with van der Waals surface area (Å²) in [5, 5.41) is 3.46. The van der Waals surface area contributed by atoms with Gasteiger partial charge in [0.2, 0.25) is 5.91 Å². The fourth-order valence-corrected chi connectivity index (χ4v) is 2.02. The van der Waals surface area contributed by atoms with E-state index in [-0.39, 0.29) is 11.8 Å². The lowest BCUT2D eigenvalue weighted by Crippen LogP contribution is -2.29. The van der Waals surface area contributed by atoms with Gasteiger partial charge in [0.05, 0.1) is 10.9 Å². The fraction of sp³-hybridized carbons (Fsp3) is 0.417.